The summed E-state index contributed by atoms with van der Waals surface area (Å²) in [6.07, 6.45) is 3.06. The average Bonchev–Trinajstić information content (AvgIpc) is 3.00. The van der Waals surface area contributed by atoms with Gasteiger partial charge in [-0.05, 0) is 36.4 Å². The molecule has 2 N–H and O–H groups in total. The minimum Gasteiger partial charge on any atom is -0.495 e. The van der Waals surface area contributed by atoms with E-state index in [1.54, 1.807) is 25.3 Å². The molecule has 13 heteroatoms. The monoisotopic (exact) mass is 594 g/mol. The van der Waals surface area contributed by atoms with E-state index in [4.69, 9.17) is 32.7 Å². The molecule has 2 aromatic heterocycles. The number of carbonyl (C=O) groups excluding carboxylic acids is 1. The molecule has 3 heterocycles. The van der Waals surface area contributed by atoms with E-state index in [0.717, 1.165) is 37.6 Å². The number of nitrogens with zero attached hydrogens (tertiary/aromatic N) is 6. The molecule has 0 radical (unpaired) electrons. The summed E-state index contributed by atoms with van der Waals surface area (Å²) in [7, 11) is 3.02. The highest BCUT2D eigenvalue weighted by molar-refractivity contribution is 6.41. The van der Waals surface area contributed by atoms with Gasteiger partial charge in [-0.15, -0.1) is 0 Å². The van der Waals surface area contributed by atoms with Crippen LogP contribution in [0.4, 0.5) is 28.8 Å². The summed E-state index contributed by atoms with van der Waals surface area (Å²) in [6, 6.07) is 13.2. The van der Waals surface area contributed by atoms with Crippen LogP contribution in [0, 0.1) is 0 Å². The molecule has 0 aliphatic carbocycles. The number of halogens is 2. The third kappa shape index (κ3) is 6.21. The van der Waals surface area contributed by atoms with Gasteiger partial charge in [0, 0.05) is 56.7 Å². The Morgan fingerprint density at radius 3 is 2.22 bits per heavy atom. The maximum Gasteiger partial charge on any atom is 0.230 e. The van der Waals surface area contributed by atoms with Gasteiger partial charge in [0.25, 0.3) is 0 Å². The van der Waals surface area contributed by atoms with Crippen molar-refractivity contribution >= 4 is 57.9 Å². The van der Waals surface area contributed by atoms with E-state index >= 15 is 0 Å². The van der Waals surface area contributed by atoms with Crippen LogP contribution in [0.15, 0.2) is 55.0 Å². The van der Waals surface area contributed by atoms with Gasteiger partial charge in [-0.25, -0.2) is 15.0 Å². The first-order chi connectivity index (χ1) is 19.9. The maximum atomic E-state index is 11.6. The SMILES string of the molecule is COc1cc(OC)c(Cl)c(Nc2ncccc2-c2ncnc(Nc3ccc(N4CCN(C(C)=O)CC4)cc3)n2)c1Cl. The van der Waals surface area contributed by atoms with Gasteiger partial charge in [-0.3, -0.25) is 4.79 Å². The Kier molecular flexibility index (Phi) is 8.55. The molecule has 1 amide bonds. The lowest BCUT2D eigenvalue weighted by Gasteiger charge is -2.35. The fourth-order valence-electron chi connectivity index (χ4n) is 4.45. The molecule has 0 unspecified atom stereocenters. The number of piperazine rings is 1. The number of anilines is 5. The normalized spacial score (nSPS) is 13.1. The van der Waals surface area contributed by atoms with Crippen LogP contribution in [0.2, 0.25) is 10.0 Å². The number of rotatable bonds is 8. The highest BCUT2D eigenvalue weighted by Gasteiger charge is 2.21. The minimum absolute atomic E-state index is 0.114. The molecule has 1 aliphatic heterocycles. The number of methoxy groups -OCH3 is 2. The van der Waals surface area contributed by atoms with E-state index in [9.17, 15) is 4.79 Å². The number of hydrogen-bond donors (Lipinski definition) is 2. The lowest BCUT2D eigenvalue weighted by Crippen LogP contribution is -2.48. The highest BCUT2D eigenvalue weighted by atomic mass is 35.5. The van der Waals surface area contributed by atoms with Gasteiger partial charge in [-0.1, -0.05) is 23.2 Å². The average molecular weight is 595 g/mol. The van der Waals surface area contributed by atoms with E-state index in [1.165, 1.54) is 20.5 Å². The number of amides is 1. The minimum atomic E-state index is 0.114. The van der Waals surface area contributed by atoms with Crippen LogP contribution in [0.5, 0.6) is 11.5 Å². The predicted molar refractivity (Wildman–Crippen MR) is 160 cm³/mol. The molecule has 4 aromatic rings. The van der Waals surface area contributed by atoms with Gasteiger partial charge < -0.3 is 29.9 Å². The molecule has 2 aromatic carbocycles. The van der Waals surface area contributed by atoms with Gasteiger partial charge in [-0.2, -0.15) is 4.98 Å². The third-order valence-corrected chi connectivity index (χ3v) is 7.40. The van der Waals surface area contributed by atoms with Crippen LogP contribution in [-0.2, 0) is 4.79 Å². The Bertz CT molecular complexity index is 1520. The first-order valence-corrected chi connectivity index (χ1v) is 13.5. The molecule has 11 nitrogen and oxygen atoms in total. The van der Waals surface area contributed by atoms with Gasteiger partial charge >= 0.3 is 0 Å². The Hall–Kier alpha value is -4.35. The second-order valence-corrected chi connectivity index (χ2v) is 9.86. The molecule has 1 saturated heterocycles. The topological polar surface area (TPSA) is 118 Å². The molecule has 5 rings (SSSR count). The van der Waals surface area contributed by atoms with Gasteiger partial charge in [0.15, 0.2) is 5.82 Å². The predicted octanol–water partition coefficient (Wildman–Crippen LogP) is 5.41. The van der Waals surface area contributed by atoms with Crippen LogP contribution < -0.4 is 25.0 Å². The summed E-state index contributed by atoms with van der Waals surface area (Å²) in [6.45, 7) is 4.64. The Labute approximate surface area is 247 Å². The summed E-state index contributed by atoms with van der Waals surface area (Å²) in [5, 5.41) is 6.97. The molecule has 0 spiro atoms. The Morgan fingerprint density at radius 1 is 0.902 bits per heavy atom. The van der Waals surface area contributed by atoms with Crippen molar-refractivity contribution in [2.24, 2.45) is 0 Å². The van der Waals surface area contributed by atoms with E-state index in [0.29, 0.717) is 40.3 Å². The van der Waals surface area contributed by atoms with Crippen molar-refractivity contribution in [3.05, 3.63) is 65.0 Å². The van der Waals surface area contributed by atoms with Crippen LogP contribution in [0.25, 0.3) is 11.4 Å². The fourth-order valence-corrected chi connectivity index (χ4v) is 5.04. The molecular weight excluding hydrogens is 567 g/mol. The summed E-state index contributed by atoms with van der Waals surface area (Å²) in [5.41, 5.74) is 2.89. The fraction of sp³-hybridized carbons (Fsp3) is 0.250. The lowest BCUT2D eigenvalue weighted by atomic mass is 10.2. The van der Waals surface area contributed by atoms with Crippen molar-refractivity contribution in [2.45, 2.75) is 6.92 Å². The van der Waals surface area contributed by atoms with Crippen molar-refractivity contribution in [3.63, 3.8) is 0 Å². The zero-order chi connectivity index (χ0) is 28.9. The molecular formula is C28H28Cl2N8O3. The van der Waals surface area contributed by atoms with E-state index < -0.39 is 0 Å². The second-order valence-electron chi connectivity index (χ2n) is 9.11. The first-order valence-electron chi connectivity index (χ1n) is 12.8. The summed E-state index contributed by atoms with van der Waals surface area (Å²) in [5.74, 6) is 2.08. The molecule has 0 atom stereocenters. The zero-order valence-electron chi connectivity index (χ0n) is 22.7. The number of carbonyl (C=O) groups is 1. The largest absolute Gasteiger partial charge is 0.495 e. The van der Waals surface area contributed by atoms with Gasteiger partial charge in [0.05, 0.1) is 25.5 Å². The zero-order valence-corrected chi connectivity index (χ0v) is 24.2. The summed E-state index contributed by atoms with van der Waals surface area (Å²) in [4.78, 5) is 33.5. The van der Waals surface area contributed by atoms with Crippen LogP contribution in [0.3, 0.4) is 0 Å². The van der Waals surface area contributed by atoms with Crippen LogP contribution >= 0.6 is 23.2 Å². The lowest BCUT2D eigenvalue weighted by molar-refractivity contribution is -0.129. The molecule has 0 bridgehead atoms. The van der Waals surface area contributed by atoms with Crippen molar-refractivity contribution in [1.82, 2.24) is 24.8 Å². The molecule has 41 heavy (non-hydrogen) atoms. The smallest absolute Gasteiger partial charge is 0.230 e. The molecule has 1 fully saturated rings. The van der Waals surface area contributed by atoms with Gasteiger partial charge in [0.1, 0.15) is 33.7 Å². The summed E-state index contributed by atoms with van der Waals surface area (Å²) < 4.78 is 10.7. The van der Waals surface area contributed by atoms with Crippen molar-refractivity contribution in [2.75, 3.05) is 55.9 Å². The quantitative estimate of drug-likeness (QED) is 0.274. The number of pyridine rings is 1. The van der Waals surface area contributed by atoms with Crippen LogP contribution in [-0.4, -0.2) is 71.1 Å². The number of ether oxygens (including phenoxy) is 2. The molecule has 0 saturated carbocycles. The van der Waals surface area contributed by atoms with Crippen molar-refractivity contribution in [3.8, 4) is 22.9 Å². The molecule has 1 aliphatic rings. The highest BCUT2D eigenvalue weighted by Crippen LogP contribution is 2.45. The van der Waals surface area contributed by atoms with E-state index in [-0.39, 0.29) is 16.0 Å². The Morgan fingerprint density at radius 2 is 1.59 bits per heavy atom. The number of nitrogens with one attached hydrogen (secondary N) is 2. The van der Waals surface area contributed by atoms with Crippen LogP contribution in [0.1, 0.15) is 6.92 Å². The number of benzene rings is 2. The number of hydrogen-bond acceptors (Lipinski definition) is 10. The molecule has 212 valence electrons. The van der Waals surface area contributed by atoms with Crippen molar-refractivity contribution < 1.29 is 14.3 Å². The standard InChI is InChI=1S/C28H28Cl2N8O3/c1-17(39)37-11-13-38(14-12-37)19-8-6-18(7-9-19)34-28-33-16-32-27(36-28)20-5-4-10-31-26(20)35-25-23(29)21(40-2)15-22(41-3)24(25)30/h4-10,15-16H,11-14H2,1-3H3,(H,31,35)(H,32,33,34,36). The third-order valence-electron chi connectivity index (χ3n) is 6.65. The Balaban J connectivity index is 1.35. The first kappa shape index (κ1) is 28.2. The van der Waals surface area contributed by atoms with Crippen molar-refractivity contribution in [1.29, 1.82) is 0 Å². The van der Waals surface area contributed by atoms with E-state index in [2.05, 4.69) is 35.5 Å². The summed E-state index contributed by atoms with van der Waals surface area (Å²) >= 11 is 13.1. The van der Waals surface area contributed by atoms with E-state index in [1.807, 2.05) is 35.2 Å². The second kappa shape index (κ2) is 12.4. The maximum absolute atomic E-state index is 11.6. The number of aromatic nitrogens is 4. The van der Waals surface area contributed by atoms with Gasteiger partial charge in [0.2, 0.25) is 11.9 Å².